The average molecular weight is 274 g/mol. The molecule has 1 N–H and O–H groups in total. The lowest BCUT2D eigenvalue weighted by atomic mass is 9.87. The number of amidine groups is 1. The van der Waals surface area contributed by atoms with Crippen LogP contribution < -0.4 is 5.32 Å². The summed E-state index contributed by atoms with van der Waals surface area (Å²) >= 11 is 0. The summed E-state index contributed by atoms with van der Waals surface area (Å²) < 4.78 is 2.37. The highest BCUT2D eigenvalue weighted by molar-refractivity contribution is 5.88. The monoisotopic (exact) mass is 274 g/mol. The van der Waals surface area contributed by atoms with Gasteiger partial charge in [-0.05, 0) is 31.3 Å². The summed E-state index contributed by atoms with van der Waals surface area (Å²) in [7, 11) is 2.18. The molecule has 1 atom stereocenters. The van der Waals surface area contributed by atoms with Gasteiger partial charge in [0.25, 0.3) is 5.84 Å². The van der Waals surface area contributed by atoms with Gasteiger partial charge < -0.3 is 4.90 Å². The molecule has 0 saturated carbocycles. The first-order valence-electron chi connectivity index (χ1n) is 7.66. The molecule has 3 rings (SSSR count). The lowest BCUT2D eigenvalue weighted by Gasteiger charge is -2.26. The number of nitrogens with one attached hydrogen (secondary N) is 1. The third kappa shape index (κ3) is 2.39. The molecule has 0 fully saturated rings. The minimum Gasteiger partial charge on any atom is -0.339 e. The van der Waals surface area contributed by atoms with Crippen LogP contribution in [0.1, 0.15) is 32.6 Å². The molecule has 1 amide bonds. The number of fused-ring (bicyclic) bond motifs is 1. The van der Waals surface area contributed by atoms with E-state index < -0.39 is 0 Å². The number of hydrogen-bond acceptors (Lipinski definition) is 2. The summed E-state index contributed by atoms with van der Waals surface area (Å²) in [5, 5.41) is 3.49. The van der Waals surface area contributed by atoms with Crippen LogP contribution in [0.25, 0.3) is 0 Å². The van der Waals surface area contributed by atoms with E-state index in [9.17, 15) is 4.79 Å². The van der Waals surface area contributed by atoms with Crippen molar-refractivity contribution in [2.75, 3.05) is 26.7 Å². The highest BCUT2D eigenvalue weighted by Crippen LogP contribution is 2.33. The predicted molar refractivity (Wildman–Crippen MR) is 79.6 cm³/mol. The first-order valence-corrected chi connectivity index (χ1v) is 7.66. The van der Waals surface area contributed by atoms with Crippen LogP contribution in [0.5, 0.6) is 0 Å². The van der Waals surface area contributed by atoms with E-state index in [1.807, 2.05) is 4.90 Å². The molecule has 0 saturated heterocycles. The van der Waals surface area contributed by atoms with E-state index >= 15 is 0 Å². The molecule has 1 unspecified atom stereocenters. The number of rotatable bonds is 1. The van der Waals surface area contributed by atoms with Gasteiger partial charge in [0.2, 0.25) is 5.91 Å². The van der Waals surface area contributed by atoms with Crippen molar-refractivity contribution in [1.82, 2.24) is 10.2 Å². The molecule has 0 radical (unpaired) electrons. The van der Waals surface area contributed by atoms with Gasteiger partial charge in [-0.15, -0.1) is 0 Å². The Kier molecular flexibility index (Phi) is 3.64. The Balaban J connectivity index is 1.79. The number of carbonyl (C=O) groups excluding carboxylic acids is 1. The molecule has 0 spiro atoms. The van der Waals surface area contributed by atoms with Crippen LogP contribution in [0.15, 0.2) is 23.4 Å². The van der Waals surface area contributed by atoms with Crippen molar-refractivity contribution in [3.8, 4) is 0 Å². The van der Waals surface area contributed by atoms with Crippen molar-refractivity contribution in [3.05, 3.63) is 23.4 Å². The molecule has 0 aromatic carbocycles. The molecule has 0 bridgehead atoms. The number of amides is 1. The number of hydrogen-bond donors (Lipinski definition) is 1. The summed E-state index contributed by atoms with van der Waals surface area (Å²) in [4.78, 5) is 13.3. The van der Waals surface area contributed by atoms with Gasteiger partial charge in [-0.1, -0.05) is 6.08 Å². The summed E-state index contributed by atoms with van der Waals surface area (Å²) in [5.74, 6) is 2.09. The molecule has 20 heavy (non-hydrogen) atoms. The molecule has 4 heteroatoms. The van der Waals surface area contributed by atoms with E-state index in [1.54, 1.807) is 6.92 Å². The van der Waals surface area contributed by atoms with Crippen LogP contribution >= 0.6 is 0 Å². The Morgan fingerprint density at radius 1 is 1.45 bits per heavy atom. The maximum Gasteiger partial charge on any atom is 0.256 e. The molecule has 3 aliphatic heterocycles. The highest BCUT2D eigenvalue weighted by Gasteiger charge is 2.36. The molecular weight excluding hydrogens is 250 g/mol. The quantitative estimate of drug-likeness (QED) is 0.735. The molecule has 0 aliphatic carbocycles. The first-order chi connectivity index (χ1) is 9.66. The van der Waals surface area contributed by atoms with Gasteiger partial charge in [0.15, 0.2) is 0 Å². The smallest absolute Gasteiger partial charge is 0.256 e. The van der Waals surface area contributed by atoms with Crippen LogP contribution in [0.3, 0.4) is 0 Å². The van der Waals surface area contributed by atoms with Gasteiger partial charge in [0, 0.05) is 25.6 Å². The number of carbonyl (C=O) groups is 1. The van der Waals surface area contributed by atoms with Crippen LogP contribution in [0.4, 0.5) is 0 Å². The van der Waals surface area contributed by atoms with Gasteiger partial charge in [0.05, 0.1) is 25.7 Å². The second-order valence-corrected chi connectivity index (χ2v) is 6.04. The second kappa shape index (κ2) is 5.43. The van der Waals surface area contributed by atoms with Crippen LogP contribution in [0.2, 0.25) is 0 Å². The third-order valence-electron chi connectivity index (χ3n) is 4.75. The Morgan fingerprint density at radius 2 is 2.30 bits per heavy atom. The molecule has 3 aliphatic rings. The minimum atomic E-state index is 0.181. The van der Waals surface area contributed by atoms with Crippen molar-refractivity contribution >= 4 is 11.7 Å². The molecule has 0 aromatic heterocycles. The number of nitrogens with zero attached hydrogens (tertiary/aromatic N) is 2. The summed E-state index contributed by atoms with van der Waals surface area (Å²) in [6.07, 6.45) is 9.24. The zero-order valence-corrected chi connectivity index (χ0v) is 12.5. The Labute approximate surface area is 120 Å². The fourth-order valence-corrected chi connectivity index (χ4v) is 3.52. The molecule has 0 aromatic rings. The van der Waals surface area contributed by atoms with E-state index in [1.165, 1.54) is 36.2 Å². The zero-order valence-electron chi connectivity index (χ0n) is 12.5. The van der Waals surface area contributed by atoms with E-state index in [4.69, 9.17) is 0 Å². The molecule has 4 nitrogen and oxygen atoms in total. The van der Waals surface area contributed by atoms with Crippen molar-refractivity contribution in [3.63, 3.8) is 0 Å². The zero-order chi connectivity index (χ0) is 14.1. The lowest BCUT2D eigenvalue weighted by molar-refractivity contribution is -0.500. The van der Waals surface area contributed by atoms with Crippen LogP contribution in [0, 0.1) is 5.92 Å². The van der Waals surface area contributed by atoms with E-state index in [-0.39, 0.29) is 5.91 Å². The van der Waals surface area contributed by atoms with Gasteiger partial charge in [0.1, 0.15) is 0 Å². The van der Waals surface area contributed by atoms with Crippen LogP contribution in [-0.2, 0) is 4.79 Å². The fourth-order valence-electron chi connectivity index (χ4n) is 3.52. The van der Waals surface area contributed by atoms with Gasteiger partial charge in [-0.3, -0.25) is 14.7 Å². The van der Waals surface area contributed by atoms with Gasteiger partial charge in [-0.25, -0.2) is 0 Å². The van der Waals surface area contributed by atoms with Crippen molar-refractivity contribution < 1.29 is 9.37 Å². The molecule has 108 valence electrons. The molecular formula is C16H24N3O+. The van der Waals surface area contributed by atoms with E-state index in [0.29, 0.717) is 5.92 Å². The maximum atomic E-state index is 11.4. The van der Waals surface area contributed by atoms with Crippen molar-refractivity contribution in [2.24, 2.45) is 5.92 Å². The summed E-state index contributed by atoms with van der Waals surface area (Å²) in [6, 6.07) is 0. The minimum absolute atomic E-state index is 0.181. The Morgan fingerprint density at radius 3 is 3.00 bits per heavy atom. The highest BCUT2D eigenvalue weighted by atomic mass is 16.2. The SMILES string of the molecule is CC(=O)N1CC=C(C2=CNC3=[N+](C)CCCCC23)CC1. The second-order valence-electron chi connectivity index (χ2n) is 6.04. The van der Waals surface area contributed by atoms with E-state index in [2.05, 4.69) is 29.2 Å². The Hall–Kier alpha value is -1.58. The van der Waals surface area contributed by atoms with E-state index in [0.717, 1.165) is 26.1 Å². The third-order valence-corrected chi connectivity index (χ3v) is 4.75. The predicted octanol–water partition coefficient (Wildman–Crippen LogP) is 1.49. The van der Waals surface area contributed by atoms with Crippen LogP contribution in [-0.4, -0.2) is 47.9 Å². The summed E-state index contributed by atoms with van der Waals surface area (Å²) in [5.41, 5.74) is 2.89. The normalized spacial score (nSPS) is 26.5. The fraction of sp³-hybridized carbons (Fsp3) is 0.625. The standard InChI is InChI=1S/C16H23N3O/c1-12(20)19-9-6-13(7-10-19)15-11-17-16-14(15)5-3-4-8-18(16)2/h6,11,14H,3-5,7-10H2,1-2H3/p+1. The summed E-state index contributed by atoms with van der Waals surface area (Å²) in [6.45, 7) is 4.43. The van der Waals surface area contributed by atoms with Gasteiger partial charge in [-0.2, -0.15) is 0 Å². The Bertz CT molecular complexity index is 516. The van der Waals surface area contributed by atoms with Crippen molar-refractivity contribution in [1.29, 1.82) is 0 Å². The molecule has 3 heterocycles. The maximum absolute atomic E-state index is 11.4. The largest absolute Gasteiger partial charge is 0.339 e. The lowest BCUT2D eigenvalue weighted by Crippen LogP contribution is -2.34. The van der Waals surface area contributed by atoms with Gasteiger partial charge >= 0.3 is 0 Å². The average Bonchev–Trinajstić information content (AvgIpc) is 2.79. The van der Waals surface area contributed by atoms with Crippen molar-refractivity contribution in [2.45, 2.75) is 32.6 Å². The topological polar surface area (TPSA) is 35.4 Å². The first kappa shape index (κ1) is 13.4.